The number of aromatic nitrogens is 2. The Hall–Kier alpha value is -2.53. The fraction of sp³-hybridized carbons (Fsp3) is 0.300. The van der Waals surface area contributed by atoms with Gasteiger partial charge in [0, 0.05) is 19.5 Å². The molecule has 4 rings (SSSR count). The quantitative estimate of drug-likeness (QED) is 0.724. The number of hydrogen-bond donors (Lipinski definition) is 0. The van der Waals surface area contributed by atoms with Crippen LogP contribution >= 0.6 is 0 Å². The van der Waals surface area contributed by atoms with Crippen molar-refractivity contribution in [1.29, 1.82) is 0 Å². The maximum Gasteiger partial charge on any atom is 0.243 e. The van der Waals surface area contributed by atoms with Crippen LogP contribution in [0.5, 0.6) is 0 Å². The van der Waals surface area contributed by atoms with E-state index in [0.29, 0.717) is 18.1 Å². The van der Waals surface area contributed by atoms with Crippen LogP contribution in [0.15, 0.2) is 53.1 Å². The second kappa shape index (κ2) is 6.76. The molecule has 0 aliphatic carbocycles. The van der Waals surface area contributed by atoms with Gasteiger partial charge in [-0.3, -0.25) is 4.90 Å². The first-order chi connectivity index (χ1) is 12.2. The molecule has 0 amide bonds. The lowest BCUT2D eigenvalue weighted by Gasteiger charge is -2.31. The largest absolute Gasteiger partial charge is 0.338 e. The molecule has 0 bridgehead atoms. The van der Waals surface area contributed by atoms with Crippen LogP contribution in [0.1, 0.15) is 41.4 Å². The Morgan fingerprint density at radius 2 is 2.00 bits per heavy atom. The molecule has 0 saturated heterocycles. The monoisotopic (exact) mass is 337 g/mol. The van der Waals surface area contributed by atoms with Gasteiger partial charge in [-0.2, -0.15) is 4.98 Å². The summed E-state index contributed by atoms with van der Waals surface area (Å²) < 4.78 is 18.8. The molecule has 4 nitrogen and oxygen atoms in total. The van der Waals surface area contributed by atoms with Gasteiger partial charge in [0.25, 0.3) is 0 Å². The average molecular weight is 337 g/mol. The fourth-order valence-electron chi connectivity index (χ4n) is 3.32. The zero-order chi connectivity index (χ0) is 17.2. The Labute approximate surface area is 146 Å². The lowest BCUT2D eigenvalue weighted by molar-refractivity contribution is 0.158. The van der Waals surface area contributed by atoms with Crippen LogP contribution in [0.4, 0.5) is 4.39 Å². The lowest BCUT2D eigenvalue weighted by Crippen LogP contribution is -2.33. The van der Waals surface area contributed by atoms with E-state index in [4.69, 9.17) is 4.52 Å². The third-order valence-electron chi connectivity index (χ3n) is 4.80. The molecule has 3 aromatic rings. The molecule has 0 fully saturated rings. The zero-order valence-electron chi connectivity index (χ0n) is 14.2. The molecule has 1 aromatic heterocycles. The van der Waals surface area contributed by atoms with E-state index in [2.05, 4.69) is 34.1 Å². The van der Waals surface area contributed by atoms with Crippen molar-refractivity contribution in [3.63, 3.8) is 0 Å². The van der Waals surface area contributed by atoms with E-state index in [1.807, 2.05) is 24.3 Å². The third kappa shape index (κ3) is 3.46. The summed E-state index contributed by atoms with van der Waals surface area (Å²) in [6, 6.07) is 15.2. The van der Waals surface area contributed by atoms with Crippen molar-refractivity contribution in [3.8, 4) is 0 Å². The highest BCUT2D eigenvalue weighted by molar-refractivity contribution is 5.30. The predicted octanol–water partition coefficient (Wildman–Crippen LogP) is 3.92. The zero-order valence-corrected chi connectivity index (χ0v) is 14.2. The highest BCUT2D eigenvalue weighted by Crippen LogP contribution is 2.27. The van der Waals surface area contributed by atoms with Crippen molar-refractivity contribution in [2.24, 2.45) is 0 Å². The number of hydrogen-bond acceptors (Lipinski definition) is 4. The molecule has 25 heavy (non-hydrogen) atoms. The van der Waals surface area contributed by atoms with E-state index in [1.54, 1.807) is 6.07 Å². The molecule has 5 heteroatoms. The van der Waals surface area contributed by atoms with Gasteiger partial charge >= 0.3 is 0 Å². The van der Waals surface area contributed by atoms with E-state index in [-0.39, 0.29) is 11.9 Å². The average Bonchev–Trinajstić information content (AvgIpc) is 3.10. The molecule has 0 spiro atoms. The van der Waals surface area contributed by atoms with Crippen molar-refractivity contribution in [1.82, 2.24) is 15.0 Å². The maximum atomic E-state index is 13.4. The Bertz CT molecular complexity index is 862. The lowest BCUT2D eigenvalue weighted by atomic mass is 9.98. The van der Waals surface area contributed by atoms with Crippen molar-refractivity contribution in [2.75, 3.05) is 6.54 Å². The molecule has 0 saturated carbocycles. The highest BCUT2D eigenvalue weighted by Gasteiger charge is 2.25. The van der Waals surface area contributed by atoms with E-state index in [1.165, 1.54) is 11.6 Å². The number of nitrogens with zero attached hydrogens (tertiary/aromatic N) is 3. The summed E-state index contributed by atoms with van der Waals surface area (Å²) in [5.74, 6) is 1.17. The van der Waals surface area contributed by atoms with Gasteiger partial charge in [0.15, 0.2) is 5.82 Å². The second-order valence-corrected chi connectivity index (χ2v) is 6.52. The first-order valence-corrected chi connectivity index (χ1v) is 8.57. The van der Waals surface area contributed by atoms with Crippen molar-refractivity contribution < 1.29 is 8.91 Å². The van der Waals surface area contributed by atoms with Gasteiger partial charge in [0.2, 0.25) is 5.89 Å². The molecule has 0 N–H and O–H groups in total. The Morgan fingerprint density at radius 1 is 1.16 bits per heavy atom. The smallest absolute Gasteiger partial charge is 0.243 e. The summed E-state index contributed by atoms with van der Waals surface area (Å²) in [6.07, 6.45) is 1.50. The Kier molecular flexibility index (Phi) is 4.32. The van der Waals surface area contributed by atoms with Gasteiger partial charge in [0.05, 0.1) is 6.04 Å². The molecule has 2 heterocycles. The van der Waals surface area contributed by atoms with Gasteiger partial charge in [-0.15, -0.1) is 0 Å². The number of rotatable bonds is 4. The van der Waals surface area contributed by atoms with E-state index in [9.17, 15) is 4.39 Å². The topological polar surface area (TPSA) is 42.2 Å². The summed E-state index contributed by atoms with van der Waals surface area (Å²) in [6.45, 7) is 3.70. The van der Waals surface area contributed by atoms with Gasteiger partial charge in [0.1, 0.15) is 5.82 Å². The van der Waals surface area contributed by atoms with Crippen molar-refractivity contribution in [2.45, 2.75) is 32.4 Å². The number of fused-ring (bicyclic) bond motifs is 1. The normalized spacial score (nSPS) is 15.8. The minimum atomic E-state index is -0.164. The van der Waals surface area contributed by atoms with E-state index < -0.39 is 0 Å². The summed E-state index contributed by atoms with van der Waals surface area (Å²) >= 11 is 0. The van der Waals surface area contributed by atoms with Crippen molar-refractivity contribution >= 4 is 0 Å². The maximum absolute atomic E-state index is 13.4. The van der Waals surface area contributed by atoms with Crippen molar-refractivity contribution in [3.05, 3.63) is 82.8 Å². The van der Waals surface area contributed by atoms with Crippen LogP contribution in [-0.2, 0) is 19.4 Å². The second-order valence-electron chi connectivity index (χ2n) is 6.52. The number of benzene rings is 2. The van der Waals surface area contributed by atoms with Crippen LogP contribution in [0.2, 0.25) is 0 Å². The first kappa shape index (κ1) is 16.0. The van der Waals surface area contributed by atoms with E-state index in [0.717, 1.165) is 30.6 Å². The SMILES string of the molecule is CC(c1nc(Cc2ccccc2)no1)N1CCc2cc(F)ccc2C1. The molecule has 1 unspecified atom stereocenters. The number of halogens is 1. The molecular formula is C20H20FN3O. The molecule has 128 valence electrons. The molecule has 2 aromatic carbocycles. The van der Waals surface area contributed by atoms with Gasteiger partial charge in [-0.25, -0.2) is 4.39 Å². The first-order valence-electron chi connectivity index (χ1n) is 8.57. The molecule has 1 aliphatic heterocycles. The summed E-state index contributed by atoms with van der Waals surface area (Å²) in [7, 11) is 0. The van der Waals surface area contributed by atoms with Gasteiger partial charge in [-0.1, -0.05) is 41.6 Å². The minimum Gasteiger partial charge on any atom is -0.338 e. The molecule has 0 radical (unpaired) electrons. The van der Waals surface area contributed by atoms with Crippen LogP contribution in [0.25, 0.3) is 0 Å². The highest BCUT2D eigenvalue weighted by atomic mass is 19.1. The Morgan fingerprint density at radius 3 is 2.84 bits per heavy atom. The Balaban J connectivity index is 1.46. The predicted molar refractivity (Wildman–Crippen MR) is 92.5 cm³/mol. The van der Waals surface area contributed by atoms with Gasteiger partial charge in [-0.05, 0) is 42.2 Å². The van der Waals surface area contributed by atoms with Crippen LogP contribution < -0.4 is 0 Å². The standard InChI is InChI=1S/C20H20FN3O/c1-14(24-10-9-16-12-18(21)8-7-17(16)13-24)20-22-19(23-25-20)11-15-5-3-2-4-6-15/h2-8,12,14H,9-11,13H2,1H3. The van der Waals surface area contributed by atoms with Crippen LogP contribution in [0, 0.1) is 5.82 Å². The molecule has 1 atom stereocenters. The third-order valence-corrected chi connectivity index (χ3v) is 4.80. The summed E-state index contributed by atoms with van der Waals surface area (Å²) in [4.78, 5) is 6.86. The fourth-order valence-corrected chi connectivity index (χ4v) is 3.32. The minimum absolute atomic E-state index is 0.0372. The summed E-state index contributed by atoms with van der Waals surface area (Å²) in [5, 5.41) is 4.12. The molecule has 1 aliphatic rings. The van der Waals surface area contributed by atoms with Gasteiger partial charge < -0.3 is 4.52 Å². The van der Waals surface area contributed by atoms with E-state index >= 15 is 0 Å². The van der Waals surface area contributed by atoms with Crippen LogP contribution in [0.3, 0.4) is 0 Å². The summed E-state index contributed by atoms with van der Waals surface area (Å²) in [5.41, 5.74) is 3.43. The molecular weight excluding hydrogens is 317 g/mol. The van der Waals surface area contributed by atoms with Crippen LogP contribution in [-0.4, -0.2) is 21.6 Å².